The average molecular weight is 495 g/mol. The largest absolute Gasteiger partial charge is 0.449 e. The van der Waals surface area contributed by atoms with Crippen LogP contribution in [-0.4, -0.2) is 36.4 Å². The third-order valence-corrected chi connectivity index (χ3v) is 6.52. The minimum Gasteiger partial charge on any atom is -0.449 e. The molecule has 10 nitrogen and oxygen atoms in total. The van der Waals surface area contributed by atoms with Gasteiger partial charge in [-0.1, -0.05) is 29.8 Å². The summed E-state index contributed by atoms with van der Waals surface area (Å²) in [5, 5.41) is 2.66. The highest BCUT2D eigenvalue weighted by Crippen LogP contribution is 2.23. The van der Waals surface area contributed by atoms with Gasteiger partial charge in [-0.15, -0.1) is 0 Å². The molecule has 0 spiro atoms. The normalized spacial score (nSPS) is 12.2. The zero-order valence-electron chi connectivity index (χ0n) is 18.8. The first-order valence-electron chi connectivity index (χ1n) is 10.5. The summed E-state index contributed by atoms with van der Waals surface area (Å²) in [5.41, 5.74) is 1.81. The van der Waals surface area contributed by atoms with E-state index in [1.54, 1.807) is 24.3 Å². The Balaban J connectivity index is 1.50. The molecule has 1 aromatic heterocycles. The minimum atomic E-state index is -4.11. The fraction of sp³-hybridized carbons (Fsp3) is 0.125. The Hall–Kier alpha value is -4.38. The summed E-state index contributed by atoms with van der Waals surface area (Å²) in [6.07, 6.45) is -1.14. The van der Waals surface area contributed by atoms with Gasteiger partial charge in [-0.2, -0.15) is 0 Å². The number of nitrogens with one attached hydrogen (secondary N) is 4. The number of imidazole rings is 1. The smallest absolute Gasteiger partial charge is 0.341 e. The molecule has 11 heteroatoms. The van der Waals surface area contributed by atoms with E-state index in [1.807, 2.05) is 19.1 Å². The Morgan fingerprint density at radius 2 is 1.63 bits per heavy atom. The van der Waals surface area contributed by atoms with Gasteiger partial charge in [0.15, 0.2) is 6.10 Å². The van der Waals surface area contributed by atoms with Crippen molar-refractivity contribution in [1.29, 1.82) is 0 Å². The van der Waals surface area contributed by atoms with Gasteiger partial charge < -0.3 is 20.0 Å². The average Bonchev–Trinajstić information content (AvgIpc) is 3.19. The second kappa shape index (κ2) is 9.47. The van der Waals surface area contributed by atoms with E-state index >= 15 is 0 Å². The van der Waals surface area contributed by atoms with Crippen LogP contribution in [-0.2, 0) is 19.6 Å². The van der Waals surface area contributed by atoms with Crippen LogP contribution in [0, 0.1) is 6.92 Å². The molecule has 4 N–H and O–H groups in total. The van der Waals surface area contributed by atoms with Crippen LogP contribution in [0.2, 0.25) is 0 Å². The van der Waals surface area contributed by atoms with Crippen LogP contribution >= 0.6 is 0 Å². The van der Waals surface area contributed by atoms with Crippen LogP contribution in [0.25, 0.3) is 11.0 Å². The van der Waals surface area contributed by atoms with Crippen molar-refractivity contribution in [1.82, 2.24) is 9.97 Å². The van der Waals surface area contributed by atoms with Crippen LogP contribution in [0.5, 0.6) is 0 Å². The number of para-hydroxylation sites is 1. The molecule has 1 amide bonds. The van der Waals surface area contributed by atoms with Crippen molar-refractivity contribution in [3.63, 3.8) is 0 Å². The first kappa shape index (κ1) is 23.8. The SMILES string of the molecule is Cc1ccc(NC(=O)C(C)OC(=O)c2ccccc2NS(=O)(=O)c2ccc3[nH]c(=O)[nH]c3c2)cc1. The van der Waals surface area contributed by atoms with Gasteiger partial charge >= 0.3 is 11.7 Å². The zero-order valence-corrected chi connectivity index (χ0v) is 19.6. The number of benzene rings is 3. The van der Waals surface area contributed by atoms with Gasteiger partial charge in [-0.05, 0) is 56.3 Å². The molecule has 4 rings (SSSR count). The van der Waals surface area contributed by atoms with Crippen LogP contribution in [0.1, 0.15) is 22.8 Å². The van der Waals surface area contributed by atoms with E-state index in [9.17, 15) is 22.8 Å². The Labute approximate surface area is 200 Å². The van der Waals surface area contributed by atoms with Gasteiger partial charge in [-0.3, -0.25) is 9.52 Å². The molecule has 0 bridgehead atoms. The minimum absolute atomic E-state index is 0.0219. The lowest BCUT2D eigenvalue weighted by Crippen LogP contribution is -2.30. The number of aryl methyl sites for hydroxylation is 1. The molecule has 0 fully saturated rings. The maximum Gasteiger partial charge on any atom is 0.341 e. The van der Waals surface area contributed by atoms with Crippen LogP contribution in [0.3, 0.4) is 0 Å². The van der Waals surface area contributed by atoms with Gasteiger partial charge in [0.1, 0.15) is 0 Å². The predicted octanol–water partition coefficient (Wildman–Crippen LogP) is 3.15. The van der Waals surface area contributed by atoms with Gasteiger partial charge in [0.05, 0.1) is 27.2 Å². The number of aromatic nitrogens is 2. The highest BCUT2D eigenvalue weighted by atomic mass is 32.2. The number of rotatable bonds is 7. The number of amides is 1. The molecule has 0 radical (unpaired) electrons. The summed E-state index contributed by atoms with van der Waals surface area (Å²) in [6.45, 7) is 3.34. The molecule has 0 saturated carbocycles. The maximum atomic E-state index is 13.0. The van der Waals surface area contributed by atoms with E-state index in [0.717, 1.165) is 5.56 Å². The Morgan fingerprint density at radius 3 is 2.37 bits per heavy atom. The van der Waals surface area contributed by atoms with Crippen LogP contribution in [0.4, 0.5) is 11.4 Å². The van der Waals surface area contributed by atoms with Gasteiger partial charge in [0.25, 0.3) is 15.9 Å². The lowest BCUT2D eigenvalue weighted by Gasteiger charge is -2.16. The van der Waals surface area contributed by atoms with Gasteiger partial charge in [0, 0.05) is 5.69 Å². The van der Waals surface area contributed by atoms with Crippen molar-refractivity contribution in [3.05, 3.63) is 88.3 Å². The third-order valence-electron chi connectivity index (χ3n) is 5.16. The predicted molar refractivity (Wildman–Crippen MR) is 131 cm³/mol. The topological polar surface area (TPSA) is 150 Å². The number of hydrogen-bond donors (Lipinski definition) is 4. The second-order valence-corrected chi connectivity index (χ2v) is 9.52. The fourth-order valence-electron chi connectivity index (χ4n) is 3.29. The Morgan fingerprint density at radius 1 is 0.943 bits per heavy atom. The van der Waals surface area contributed by atoms with E-state index in [1.165, 1.54) is 37.3 Å². The summed E-state index contributed by atoms with van der Waals surface area (Å²) in [6, 6.07) is 17.1. The Bertz CT molecular complexity index is 1570. The molecule has 3 aromatic carbocycles. The van der Waals surface area contributed by atoms with E-state index in [0.29, 0.717) is 16.7 Å². The molecule has 1 unspecified atom stereocenters. The van der Waals surface area contributed by atoms with Crippen molar-refractivity contribution in [3.8, 4) is 0 Å². The molecule has 0 aliphatic rings. The molecule has 1 atom stereocenters. The highest BCUT2D eigenvalue weighted by Gasteiger charge is 2.23. The van der Waals surface area contributed by atoms with Crippen molar-refractivity contribution in [2.45, 2.75) is 24.8 Å². The number of fused-ring (bicyclic) bond motifs is 1. The number of carbonyl (C=O) groups excluding carboxylic acids is 2. The van der Waals surface area contributed by atoms with E-state index in [4.69, 9.17) is 4.74 Å². The summed E-state index contributed by atoms with van der Waals surface area (Å²) in [5.74, 6) is -1.41. The maximum absolute atomic E-state index is 13.0. The quantitative estimate of drug-likeness (QED) is 0.290. The van der Waals surface area contributed by atoms with Crippen molar-refractivity contribution >= 4 is 44.3 Å². The van der Waals surface area contributed by atoms with Crippen LogP contribution in [0.15, 0.2) is 76.4 Å². The fourth-order valence-corrected chi connectivity index (χ4v) is 4.40. The third kappa shape index (κ3) is 5.41. The lowest BCUT2D eigenvalue weighted by molar-refractivity contribution is -0.123. The van der Waals surface area contributed by atoms with Crippen LogP contribution < -0.4 is 15.7 Å². The zero-order chi connectivity index (χ0) is 25.2. The molecule has 1 heterocycles. The molecule has 4 aromatic rings. The van der Waals surface area contributed by atoms with E-state index in [2.05, 4.69) is 20.0 Å². The summed E-state index contributed by atoms with van der Waals surface area (Å²) >= 11 is 0. The highest BCUT2D eigenvalue weighted by molar-refractivity contribution is 7.92. The lowest BCUT2D eigenvalue weighted by atomic mass is 10.2. The molecular weight excluding hydrogens is 472 g/mol. The first-order valence-corrected chi connectivity index (χ1v) is 12.0. The molecule has 0 aliphatic heterocycles. The molecule has 0 aliphatic carbocycles. The summed E-state index contributed by atoms with van der Waals surface area (Å²) < 4.78 is 33.6. The monoisotopic (exact) mass is 494 g/mol. The summed E-state index contributed by atoms with van der Waals surface area (Å²) in [4.78, 5) is 41.6. The van der Waals surface area contributed by atoms with Crippen molar-refractivity contribution in [2.75, 3.05) is 10.0 Å². The van der Waals surface area contributed by atoms with E-state index in [-0.39, 0.29) is 16.1 Å². The number of esters is 1. The van der Waals surface area contributed by atoms with E-state index < -0.39 is 33.7 Å². The van der Waals surface area contributed by atoms with Crippen molar-refractivity contribution < 1.29 is 22.7 Å². The van der Waals surface area contributed by atoms with Gasteiger partial charge in [-0.25, -0.2) is 18.0 Å². The number of carbonyl (C=O) groups is 2. The second-order valence-electron chi connectivity index (χ2n) is 7.84. The number of hydrogen-bond acceptors (Lipinski definition) is 6. The molecular formula is C24H22N4O6S. The first-order chi connectivity index (χ1) is 16.6. The number of H-pyrrole nitrogens is 2. The number of ether oxygens (including phenoxy) is 1. The summed E-state index contributed by atoms with van der Waals surface area (Å²) in [7, 11) is -4.11. The number of anilines is 2. The van der Waals surface area contributed by atoms with Gasteiger partial charge in [0.2, 0.25) is 0 Å². The van der Waals surface area contributed by atoms with Crippen molar-refractivity contribution in [2.24, 2.45) is 0 Å². The number of sulfonamides is 1. The number of aromatic amines is 2. The standard InChI is InChI=1S/C24H22N4O6S/c1-14-7-9-16(10-8-14)25-22(29)15(2)34-23(30)18-5-3-4-6-19(18)28-35(32,33)17-11-12-20-21(13-17)27-24(31)26-20/h3-13,15,28H,1-2H3,(H,25,29)(H2,26,27,31). The molecule has 180 valence electrons. The Kier molecular flexibility index (Phi) is 6.43. The molecule has 0 saturated heterocycles. The molecule has 35 heavy (non-hydrogen) atoms.